The maximum atomic E-state index is 11.1. The molecule has 0 atom stereocenters. The van der Waals surface area contributed by atoms with E-state index in [1.807, 2.05) is 0 Å². The van der Waals surface area contributed by atoms with Crippen molar-refractivity contribution in [2.75, 3.05) is 26.1 Å². The van der Waals surface area contributed by atoms with Gasteiger partial charge in [0.25, 0.3) is 28.2 Å². The topological polar surface area (TPSA) is 193 Å². The third-order valence-electron chi connectivity index (χ3n) is 3.36. The summed E-state index contributed by atoms with van der Waals surface area (Å²) >= 11 is 0. The maximum Gasteiger partial charge on any atom is 0.293 e. The van der Waals surface area contributed by atoms with Crippen molar-refractivity contribution in [1.29, 1.82) is 0 Å². The molecule has 2 aromatic rings. The minimum Gasteiger partial charge on any atom is -0.505 e. The summed E-state index contributed by atoms with van der Waals surface area (Å²) in [6.45, 7) is 0. The lowest BCUT2D eigenvalue weighted by atomic mass is 10.0. The van der Waals surface area contributed by atoms with Crippen molar-refractivity contribution >= 4 is 56.1 Å². The molecule has 0 aliphatic carbocycles. The van der Waals surface area contributed by atoms with Gasteiger partial charge in [0.05, 0.1) is 24.4 Å². The van der Waals surface area contributed by atoms with Crippen molar-refractivity contribution in [1.82, 2.24) is 0 Å². The summed E-state index contributed by atoms with van der Waals surface area (Å²) in [5, 5.41) is 25.1. The Bertz CT molecular complexity index is 1160. The monoisotopic (exact) mass is 443 g/mol. The molecular formula is C14H18BN5O7S2. The number of nitrogens with two attached hydrogens (primary N) is 1. The Labute approximate surface area is 168 Å². The highest BCUT2D eigenvalue weighted by Crippen LogP contribution is 2.44. The molecule has 0 aliphatic rings. The lowest BCUT2D eigenvalue weighted by molar-refractivity contribution is 0.403. The van der Waals surface area contributed by atoms with Gasteiger partial charge < -0.3 is 10.8 Å². The van der Waals surface area contributed by atoms with Crippen LogP contribution in [0.25, 0.3) is 10.8 Å². The van der Waals surface area contributed by atoms with Crippen molar-refractivity contribution < 1.29 is 30.7 Å². The van der Waals surface area contributed by atoms with Crippen LogP contribution in [0, 0.1) is 0 Å². The van der Waals surface area contributed by atoms with Gasteiger partial charge >= 0.3 is 0 Å². The number of aromatic hydroxyl groups is 1. The van der Waals surface area contributed by atoms with Crippen LogP contribution in [0.4, 0.5) is 17.1 Å². The molecular weight excluding hydrogens is 425 g/mol. The van der Waals surface area contributed by atoms with Crippen LogP contribution in [0.15, 0.2) is 38.6 Å². The Kier molecular flexibility index (Phi) is 8.20. The molecule has 0 saturated heterocycles. The summed E-state index contributed by atoms with van der Waals surface area (Å²) in [6, 6.07) is 4.55. The summed E-state index contributed by atoms with van der Waals surface area (Å²) in [7, 11) is 0.0670. The largest absolute Gasteiger partial charge is 0.505 e. The standard InChI is InChI=1S/C12H12BN5O4S.C2H6O3S/c1-15-16-8-3-2-6-4-7(5-23(20,21)22)11(17-18-13)12(19)9(6)10(8)14;1-5-6(2,3)4/h2-4,19H,5,14H2,1H3,(H,20,21,22);1-2H3. The average Bonchev–Trinajstić information content (AvgIpc) is 2.59. The van der Waals surface area contributed by atoms with E-state index < -0.39 is 31.7 Å². The van der Waals surface area contributed by atoms with E-state index in [2.05, 4.69) is 24.6 Å². The first kappa shape index (κ1) is 24.4. The Morgan fingerprint density at radius 1 is 1.21 bits per heavy atom. The second-order valence-electron chi connectivity index (χ2n) is 5.44. The number of benzene rings is 2. The van der Waals surface area contributed by atoms with Gasteiger partial charge in [-0.25, -0.2) is 0 Å². The summed E-state index contributed by atoms with van der Waals surface area (Å²) in [5.74, 6) is -1.18. The Hall–Kier alpha value is -2.62. The number of rotatable bonds is 5. The fourth-order valence-electron chi connectivity index (χ4n) is 2.21. The molecule has 2 radical (unpaired) electrons. The molecule has 0 saturated carbocycles. The fourth-order valence-corrected chi connectivity index (χ4v) is 2.82. The second-order valence-corrected chi connectivity index (χ2v) is 8.64. The first-order valence-corrected chi connectivity index (χ1v) is 11.0. The van der Waals surface area contributed by atoms with Crippen LogP contribution < -0.4 is 5.73 Å². The van der Waals surface area contributed by atoms with E-state index in [1.54, 1.807) is 12.1 Å². The number of azo groups is 1. The van der Waals surface area contributed by atoms with Gasteiger partial charge in [-0.1, -0.05) is 6.07 Å². The number of phenolic OH excluding ortho intramolecular Hbond substituents is 1. The van der Waals surface area contributed by atoms with Gasteiger partial charge in [-0.3, -0.25) is 13.8 Å². The molecule has 0 bridgehead atoms. The average molecular weight is 443 g/mol. The lowest BCUT2D eigenvalue weighted by Gasteiger charge is -2.12. The number of nitrogen functional groups attached to an aromatic ring is 1. The molecule has 156 valence electrons. The van der Waals surface area contributed by atoms with E-state index in [0.29, 0.717) is 11.1 Å². The zero-order chi connectivity index (χ0) is 22.4. The van der Waals surface area contributed by atoms with Crippen LogP contribution in [0.1, 0.15) is 5.56 Å². The smallest absolute Gasteiger partial charge is 0.293 e. The third-order valence-corrected chi connectivity index (χ3v) is 4.64. The van der Waals surface area contributed by atoms with Crippen LogP contribution in [-0.4, -0.2) is 54.9 Å². The number of phenols is 1. The molecule has 12 nitrogen and oxygen atoms in total. The normalized spacial score (nSPS) is 12.4. The Morgan fingerprint density at radius 3 is 2.24 bits per heavy atom. The highest BCUT2D eigenvalue weighted by molar-refractivity contribution is 7.86. The first-order chi connectivity index (χ1) is 13.3. The van der Waals surface area contributed by atoms with E-state index in [4.69, 9.17) is 18.3 Å². The molecule has 0 aromatic heterocycles. The number of hydrogen-bond acceptors (Lipinski definition) is 11. The summed E-state index contributed by atoms with van der Waals surface area (Å²) in [6.07, 6.45) is 0.993. The zero-order valence-electron chi connectivity index (χ0n) is 15.6. The van der Waals surface area contributed by atoms with Gasteiger partial charge in [0.1, 0.15) is 17.1 Å². The van der Waals surface area contributed by atoms with Gasteiger partial charge in [0, 0.05) is 12.6 Å². The van der Waals surface area contributed by atoms with Crippen LogP contribution in [0.2, 0.25) is 0 Å². The summed E-state index contributed by atoms with van der Waals surface area (Å²) in [4.78, 5) is 0. The minimum atomic E-state index is -4.35. The van der Waals surface area contributed by atoms with Crippen molar-refractivity contribution in [3.05, 3.63) is 23.8 Å². The molecule has 4 N–H and O–H groups in total. The molecule has 29 heavy (non-hydrogen) atoms. The molecule has 0 heterocycles. The Morgan fingerprint density at radius 2 is 1.79 bits per heavy atom. The van der Waals surface area contributed by atoms with Gasteiger partial charge in [-0.15, -0.1) is 0 Å². The SMILES string of the molecule is COS(C)(=O)=O.[B]N=Nc1c(CS(=O)(=O)O)cc2ccc(N=NC)c(N)c2c1O. The van der Waals surface area contributed by atoms with Crippen LogP contribution in [-0.2, 0) is 30.2 Å². The van der Waals surface area contributed by atoms with Crippen molar-refractivity contribution in [3.8, 4) is 5.75 Å². The van der Waals surface area contributed by atoms with Crippen molar-refractivity contribution in [2.24, 2.45) is 20.4 Å². The molecule has 0 amide bonds. The number of anilines is 1. The summed E-state index contributed by atoms with van der Waals surface area (Å²) < 4.78 is 54.8. The predicted molar refractivity (Wildman–Crippen MR) is 108 cm³/mol. The quantitative estimate of drug-likeness (QED) is 0.205. The van der Waals surface area contributed by atoms with E-state index in [-0.39, 0.29) is 22.3 Å². The molecule has 0 unspecified atom stereocenters. The second kappa shape index (κ2) is 9.73. The lowest BCUT2D eigenvalue weighted by Crippen LogP contribution is -2.02. The molecule has 0 fully saturated rings. The van der Waals surface area contributed by atoms with E-state index in [9.17, 15) is 21.9 Å². The molecule has 0 aliphatic heterocycles. The van der Waals surface area contributed by atoms with Gasteiger partial charge in [0.2, 0.25) is 0 Å². The van der Waals surface area contributed by atoms with Gasteiger partial charge in [-0.05, 0) is 17.5 Å². The highest BCUT2D eigenvalue weighted by atomic mass is 32.2. The number of nitrogens with zero attached hydrogens (tertiary/aromatic N) is 4. The zero-order valence-corrected chi connectivity index (χ0v) is 17.3. The highest BCUT2D eigenvalue weighted by Gasteiger charge is 2.19. The molecule has 15 heteroatoms. The Balaban J connectivity index is 0.000000612. The predicted octanol–water partition coefficient (Wildman–Crippen LogP) is 1.99. The van der Waals surface area contributed by atoms with Crippen molar-refractivity contribution in [3.63, 3.8) is 0 Å². The maximum absolute atomic E-state index is 11.1. The molecule has 2 rings (SSSR count). The van der Waals surface area contributed by atoms with Crippen LogP contribution >= 0.6 is 0 Å². The van der Waals surface area contributed by atoms with Crippen molar-refractivity contribution in [2.45, 2.75) is 5.75 Å². The minimum absolute atomic E-state index is 0.0240. The van der Waals surface area contributed by atoms with E-state index >= 15 is 0 Å². The molecule has 2 aromatic carbocycles. The number of fused-ring (bicyclic) bond motifs is 1. The first-order valence-electron chi connectivity index (χ1n) is 7.53. The van der Waals surface area contributed by atoms with Gasteiger partial charge in [0.15, 0.2) is 5.75 Å². The van der Waals surface area contributed by atoms with Crippen LogP contribution in [0.5, 0.6) is 5.75 Å². The molecule has 0 spiro atoms. The van der Waals surface area contributed by atoms with E-state index in [0.717, 1.165) is 13.4 Å². The third kappa shape index (κ3) is 7.05. The fraction of sp³-hybridized carbons (Fsp3) is 0.286. The van der Waals surface area contributed by atoms with Gasteiger partial charge in [-0.2, -0.15) is 32.2 Å². The van der Waals surface area contributed by atoms with E-state index in [1.165, 1.54) is 13.1 Å². The summed E-state index contributed by atoms with van der Waals surface area (Å²) in [5.41, 5.74) is 6.25. The number of hydrogen-bond donors (Lipinski definition) is 3. The van der Waals surface area contributed by atoms with Crippen LogP contribution in [0.3, 0.4) is 0 Å².